The molecule has 5 heteroatoms. The highest BCUT2D eigenvalue weighted by Gasteiger charge is 2.48. The van der Waals surface area contributed by atoms with Crippen LogP contribution in [0.25, 0.3) is 0 Å². The maximum Gasteiger partial charge on any atom is 0.272 e. The molecule has 3 fully saturated rings. The zero-order valence-electron chi connectivity index (χ0n) is 26.2. The summed E-state index contributed by atoms with van der Waals surface area (Å²) in [6, 6.07) is 0.576. The van der Waals surface area contributed by atoms with E-state index in [9.17, 15) is 9.90 Å². The van der Waals surface area contributed by atoms with Crippen LogP contribution >= 0.6 is 0 Å². The lowest BCUT2D eigenvalue weighted by molar-refractivity contribution is -0.00657. The van der Waals surface area contributed by atoms with Crippen molar-refractivity contribution in [1.82, 2.24) is 15.1 Å². The second-order valence-corrected chi connectivity index (χ2v) is 12.6. The number of rotatable bonds is 8. The molecule has 220 valence electrons. The lowest BCUT2D eigenvalue weighted by Gasteiger charge is -2.53. The average molecular weight is 532 g/mol. The monoisotopic (exact) mass is 531 g/mol. The first-order chi connectivity index (χ1) is 18.3. The van der Waals surface area contributed by atoms with Crippen molar-refractivity contribution in [3.05, 3.63) is 17.0 Å². The molecule has 0 radical (unpaired) electrons. The maximum absolute atomic E-state index is 13.7. The highest BCUT2D eigenvalue weighted by molar-refractivity contribution is 5.94. The molecule has 38 heavy (non-hydrogen) atoms. The summed E-state index contributed by atoms with van der Waals surface area (Å²) < 4.78 is 2.20. The van der Waals surface area contributed by atoms with Crippen molar-refractivity contribution < 1.29 is 9.90 Å². The molecule has 1 aromatic heterocycles. The smallest absolute Gasteiger partial charge is 0.272 e. The summed E-state index contributed by atoms with van der Waals surface area (Å²) in [5.41, 5.74) is 3.13. The van der Waals surface area contributed by atoms with Crippen molar-refractivity contribution in [2.24, 2.45) is 23.2 Å². The Balaban J connectivity index is 0.000000947. The molecule has 3 unspecified atom stereocenters. The molecule has 3 aliphatic carbocycles. The van der Waals surface area contributed by atoms with Gasteiger partial charge in [-0.1, -0.05) is 74.1 Å². The molecule has 3 aliphatic rings. The molecule has 1 aromatic rings. The highest BCUT2D eigenvalue weighted by atomic mass is 16.3. The minimum absolute atomic E-state index is 0.00192. The zero-order valence-corrected chi connectivity index (χ0v) is 26.2. The Morgan fingerprint density at radius 1 is 1.05 bits per heavy atom. The predicted octanol–water partition coefficient (Wildman–Crippen LogP) is 8.29. The minimum Gasteiger partial charge on any atom is -0.396 e. The summed E-state index contributed by atoms with van der Waals surface area (Å²) in [5, 5.41) is 18.0. The molecule has 0 aliphatic heterocycles. The number of nitrogens with zero attached hydrogens (tertiary/aromatic N) is 2. The molecule has 0 saturated heterocycles. The summed E-state index contributed by atoms with van der Waals surface area (Å²) in [6.45, 7) is 17.6. The summed E-state index contributed by atoms with van der Waals surface area (Å²) >= 11 is 0. The molecule has 3 atom stereocenters. The number of carbonyl (C=O) groups excluding carboxylic acids is 1. The van der Waals surface area contributed by atoms with E-state index in [1.807, 2.05) is 13.8 Å². The molecule has 4 rings (SSSR count). The van der Waals surface area contributed by atoms with Gasteiger partial charge in [0, 0.05) is 23.9 Å². The fourth-order valence-electron chi connectivity index (χ4n) is 7.94. The van der Waals surface area contributed by atoms with Crippen LogP contribution in [0.5, 0.6) is 0 Å². The van der Waals surface area contributed by atoms with Gasteiger partial charge in [-0.05, 0) is 94.3 Å². The summed E-state index contributed by atoms with van der Waals surface area (Å²) in [5.74, 6) is 2.30. The normalized spacial score (nSPS) is 27.9. The second kappa shape index (κ2) is 16.0. The van der Waals surface area contributed by atoms with Gasteiger partial charge in [0.15, 0.2) is 5.69 Å². The van der Waals surface area contributed by atoms with Crippen LogP contribution in [-0.4, -0.2) is 33.4 Å². The second-order valence-electron chi connectivity index (χ2n) is 12.6. The third-order valence-electron chi connectivity index (χ3n) is 9.12. The Morgan fingerprint density at radius 2 is 1.63 bits per heavy atom. The Hall–Kier alpha value is -1.36. The number of hydrogen-bond acceptors (Lipinski definition) is 3. The van der Waals surface area contributed by atoms with Crippen LogP contribution in [0, 0.1) is 23.2 Å². The van der Waals surface area contributed by atoms with Crippen molar-refractivity contribution in [2.75, 3.05) is 6.61 Å². The van der Waals surface area contributed by atoms with Crippen molar-refractivity contribution in [1.29, 1.82) is 0 Å². The highest BCUT2D eigenvalue weighted by Crippen LogP contribution is 2.54. The molecular formula is C33H61N3O2. The van der Waals surface area contributed by atoms with E-state index in [0.717, 1.165) is 49.0 Å². The number of fused-ring (bicyclic) bond motifs is 2. The van der Waals surface area contributed by atoms with Crippen molar-refractivity contribution in [2.45, 2.75) is 157 Å². The predicted molar refractivity (Wildman–Crippen MR) is 161 cm³/mol. The minimum atomic E-state index is 0.00192. The fourth-order valence-corrected chi connectivity index (χ4v) is 7.94. The first kappa shape index (κ1) is 32.8. The molecule has 1 heterocycles. The van der Waals surface area contributed by atoms with Gasteiger partial charge in [-0.25, -0.2) is 0 Å². The zero-order chi connectivity index (χ0) is 28.3. The number of nitrogens with one attached hydrogen (secondary N) is 1. The molecule has 1 amide bonds. The fraction of sp³-hybridized carbons (Fsp3) is 0.879. The number of hydrogen-bond donors (Lipinski definition) is 2. The number of carbonyl (C=O) groups is 1. The largest absolute Gasteiger partial charge is 0.396 e. The van der Waals surface area contributed by atoms with Gasteiger partial charge < -0.3 is 10.4 Å². The van der Waals surface area contributed by atoms with Crippen LogP contribution in [0.3, 0.4) is 0 Å². The number of aromatic nitrogens is 2. The van der Waals surface area contributed by atoms with Crippen molar-refractivity contribution in [3.8, 4) is 0 Å². The van der Waals surface area contributed by atoms with E-state index in [2.05, 4.69) is 51.5 Å². The van der Waals surface area contributed by atoms with E-state index in [-0.39, 0.29) is 24.0 Å². The van der Waals surface area contributed by atoms with E-state index in [1.54, 1.807) is 0 Å². The number of aliphatic hydroxyl groups excluding tert-OH is 1. The quantitative estimate of drug-likeness (QED) is 0.354. The summed E-state index contributed by atoms with van der Waals surface area (Å²) in [4.78, 5) is 13.7. The maximum atomic E-state index is 13.7. The Bertz CT molecular complexity index is 807. The Morgan fingerprint density at radius 3 is 2.16 bits per heavy atom. The topological polar surface area (TPSA) is 67.2 Å². The van der Waals surface area contributed by atoms with E-state index in [1.165, 1.54) is 63.5 Å². The van der Waals surface area contributed by atoms with Gasteiger partial charge in [0.25, 0.3) is 5.91 Å². The van der Waals surface area contributed by atoms with Gasteiger partial charge in [-0.2, -0.15) is 5.10 Å². The lowest BCUT2D eigenvalue weighted by atomic mass is 9.54. The molecule has 0 aromatic carbocycles. The van der Waals surface area contributed by atoms with Crippen molar-refractivity contribution in [3.63, 3.8) is 0 Å². The molecular weight excluding hydrogens is 470 g/mol. The van der Waals surface area contributed by atoms with Crippen LogP contribution in [0.15, 0.2) is 0 Å². The first-order valence-corrected chi connectivity index (χ1v) is 16.3. The average Bonchev–Trinajstić information content (AvgIpc) is 3.27. The van der Waals surface area contributed by atoms with Gasteiger partial charge >= 0.3 is 0 Å². The van der Waals surface area contributed by atoms with Crippen LogP contribution in [-0.2, 0) is 12.8 Å². The molecule has 0 spiro atoms. The van der Waals surface area contributed by atoms with Gasteiger partial charge in [0.2, 0.25) is 0 Å². The standard InChI is InChI=1S/C28H47N3O2.C3H8.C2H6/c1-5-25-24(12-9-13-32)26(30-31(25)23-10-7-6-8-11-23)27(33)29-21(4)28-16-19(2)14-22(18-28)15-20(3)17-28;1-3-2;1-2/h19-23,32H,5-18H2,1-4H3,(H,29,33);3H2,1-2H3;1-2H3. The SMILES string of the molecule is CC.CCC.CCc1c(CCCO)c(C(=O)NC(C)C23CC(C)CC(CC(C)C2)C3)nn1C1CCCCC1. The van der Waals surface area contributed by atoms with E-state index in [4.69, 9.17) is 5.10 Å². The summed E-state index contributed by atoms with van der Waals surface area (Å²) in [6.07, 6.45) is 16.1. The molecule has 5 nitrogen and oxygen atoms in total. The number of amides is 1. The first-order valence-electron chi connectivity index (χ1n) is 16.3. The van der Waals surface area contributed by atoms with Crippen LogP contribution in [0.1, 0.15) is 160 Å². The Kier molecular flexibility index (Phi) is 13.9. The van der Waals surface area contributed by atoms with Gasteiger partial charge in [0.05, 0.1) is 6.04 Å². The molecule has 2 N–H and O–H groups in total. The van der Waals surface area contributed by atoms with Gasteiger partial charge in [-0.3, -0.25) is 9.48 Å². The van der Waals surface area contributed by atoms with E-state index < -0.39 is 0 Å². The van der Waals surface area contributed by atoms with Crippen LogP contribution in [0.4, 0.5) is 0 Å². The Labute approximate surface area is 234 Å². The van der Waals surface area contributed by atoms with Crippen molar-refractivity contribution >= 4 is 5.91 Å². The summed E-state index contributed by atoms with van der Waals surface area (Å²) in [7, 11) is 0. The third kappa shape index (κ3) is 8.08. The number of aliphatic hydroxyl groups is 1. The van der Waals surface area contributed by atoms with Gasteiger partial charge in [0.1, 0.15) is 0 Å². The van der Waals surface area contributed by atoms with Gasteiger partial charge in [-0.15, -0.1) is 0 Å². The van der Waals surface area contributed by atoms with Crippen LogP contribution in [0.2, 0.25) is 0 Å². The molecule has 3 saturated carbocycles. The molecule has 2 bridgehead atoms. The van der Waals surface area contributed by atoms with Crippen LogP contribution < -0.4 is 5.32 Å². The third-order valence-corrected chi connectivity index (χ3v) is 9.12. The lowest BCUT2D eigenvalue weighted by Crippen LogP contribution is -2.52. The van der Waals surface area contributed by atoms with E-state index in [0.29, 0.717) is 18.2 Å². The van der Waals surface area contributed by atoms with E-state index >= 15 is 0 Å².